The quantitative estimate of drug-likeness (QED) is 0.818. The van der Waals surface area contributed by atoms with Crippen molar-refractivity contribution in [2.75, 3.05) is 20.2 Å². The molecular formula is C12H15FN2O3. The Labute approximate surface area is 104 Å². The van der Waals surface area contributed by atoms with Gasteiger partial charge < -0.3 is 15.4 Å². The number of hydrogen-bond donors (Lipinski definition) is 2. The lowest BCUT2D eigenvalue weighted by atomic mass is 10.1. The van der Waals surface area contributed by atoms with Crippen molar-refractivity contribution in [3.05, 3.63) is 35.6 Å². The van der Waals surface area contributed by atoms with Crippen LogP contribution in [0.5, 0.6) is 0 Å². The maximum Gasteiger partial charge on any atom is 0.407 e. The van der Waals surface area contributed by atoms with E-state index < -0.39 is 6.09 Å². The Morgan fingerprint density at radius 3 is 2.67 bits per heavy atom. The summed E-state index contributed by atoms with van der Waals surface area (Å²) in [5, 5.41) is 4.81. The van der Waals surface area contributed by atoms with Gasteiger partial charge in [-0.05, 0) is 18.1 Å². The fourth-order valence-electron chi connectivity index (χ4n) is 1.32. The summed E-state index contributed by atoms with van der Waals surface area (Å²) in [4.78, 5) is 22.0. The Bertz CT molecular complexity index is 424. The molecule has 18 heavy (non-hydrogen) atoms. The third-order valence-electron chi connectivity index (χ3n) is 2.25. The van der Waals surface area contributed by atoms with Crippen LogP contribution >= 0.6 is 0 Å². The van der Waals surface area contributed by atoms with Crippen LogP contribution in [-0.2, 0) is 16.0 Å². The van der Waals surface area contributed by atoms with Gasteiger partial charge in [-0.1, -0.05) is 18.2 Å². The smallest absolute Gasteiger partial charge is 0.407 e. The van der Waals surface area contributed by atoms with Crippen molar-refractivity contribution in [3.63, 3.8) is 0 Å². The van der Waals surface area contributed by atoms with Crippen LogP contribution in [0.4, 0.5) is 9.18 Å². The number of alkyl carbamates (subject to hydrolysis) is 1. The fraction of sp³-hybridized carbons (Fsp3) is 0.333. The first-order valence-corrected chi connectivity index (χ1v) is 5.45. The second-order valence-corrected chi connectivity index (χ2v) is 3.54. The zero-order valence-electron chi connectivity index (χ0n) is 10.0. The Morgan fingerprint density at radius 2 is 2.00 bits per heavy atom. The third-order valence-corrected chi connectivity index (χ3v) is 2.25. The molecule has 1 aromatic rings. The standard InChI is InChI=1S/C12H15FN2O3/c1-18-12(17)15-8-11(16)14-7-6-9-4-2-3-5-10(9)13/h2-5H,6-8H2,1H3,(H,14,16)(H,15,17). The second-order valence-electron chi connectivity index (χ2n) is 3.54. The first-order chi connectivity index (χ1) is 8.63. The van der Waals surface area contributed by atoms with Crippen molar-refractivity contribution >= 4 is 12.0 Å². The third kappa shape index (κ3) is 4.82. The maximum absolute atomic E-state index is 13.2. The zero-order valence-corrected chi connectivity index (χ0v) is 10.0. The molecule has 0 atom stereocenters. The van der Waals surface area contributed by atoms with Gasteiger partial charge in [0, 0.05) is 6.54 Å². The molecule has 0 saturated heterocycles. The van der Waals surface area contributed by atoms with Gasteiger partial charge in [0.05, 0.1) is 13.7 Å². The van der Waals surface area contributed by atoms with Crippen molar-refractivity contribution in [1.29, 1.82) is 0 Å². The molecule has 1 aromatic carbocycles. The van der Waals surface area contributed by atoms with Gasteiger partial charge in [0.2, 0.25) is 5.91 Å². The van der Waals surface area contributed by atoms with Gasteiger partial charge in [0.25, 0.3) is 0 Å². The van der Waals surface area contributed by atoms with E-state index in [9.17, 15) is 14.0 Å². The highest BCUT2D eigenvalue weighted by molar-refractivity contribution is 5.81. The summed E-state index contributed by atoms with van der Waals surface area (Å²) in [6.45, 7) is 0.145. The van der Waals surface area contributed by atoms with Crippen LogP contribution in [0.1, 0.15) is 5.56 Å². The van der Waals surface area contributed by atoms with Gasteiger partial charge in [-0.3, -0.25) is 4.79 Å². The number of hydrogen-bond acceptors (Lipinski definition) is 3. The van der Waals surface area contributed by atoms with E-state index in [1.165, 1.54) is 13.2 Å². The monoisotopic (exact) mass is 254 g/mol. The molecule has 0 heterocycles. The summed E-state index contributed by atoms with van der Waals surface area (Å²) >= 11 is 0. The molecule has 6 heteroatoms. The molecule has 0 saturated carbocycles. The predicted molar refractivity (Wildman–Crippen MR) is 63.5 cm³/mol. The highest BCUT2D eigenvalue weighted by Gasteiger charge is 2.05. The SMILES string of the molecule is COC(=O)NCC(=O)NCCc1ccccc1F. The molecule has 0 aliphatic rings. The van der Waals surface area contributed by atoms with Gasteiger partial charge in [0.1, 0.15) is 5.82 Å². The van der Waals surface area contributed by atoms with E-state index in [2.05, 4.69) is 15.4 Å². The maximum atomic E-state index is 13.2. The van der Waals surface area contributed by atoms with Crippen LogP contribution in [0, 0.1) is 5.82 Å². The minimum Gasteiger partial charge on any atom is -0.453 e. The van der Waals surface area contributed by atoms with Crippen molar-refractivity contribution < 1.29 is 18.7 Å². The molecule has 2 amide bonds. The van der Waals surface area contributed by atoms with Crippen molar-refractivity contribution in [2.45, 2.75) is 6.42 Å². The number of amides is 2. The van der Waals surface area contributed by atoms with Gasteiger partial charge in [0.15, 0.2) is 0 Å². The first kappa shape index (κ1) is 14.0. The van der Waals surface area contributed by atoms with Crippen LogP contribution in [0.15, 0.2) is 24.3 Å². The summed E-state index contributed by atoms with van der Waals surface area (Å²) < 4.78 is 17.5. The Hall–Kier alpha value is -2.11. The van der Waals surface area contributed by atoms with Crippen molar-refractivity contribution in [1.82, 2.24) is 10.6 Å². The Balaban J connectivity index is 2.24. The van der Waals surface area contributed by atoms with Gasteiger partial charge in [-0.15, -0.1) is 0 Å². The van der Waals surface area contributed by atoms with E-state index in [0.717, 1.165) is 0 Å². The summed E-state index contributed by atoms with van der Waals surface area (Å²) in [6.07, 6.45) is -0.268. The molecule has 0 spiro atoms. The Kier molecular flexibility index (Phi) is 5.63. The molecule has 0 radical (unpaired) electrons. The average molecular weight is 254 g/mol. The second kappa shape index (κ2) is 7.26. The summed E-state index contributed by atoms with van der Waals surface area (Å²) in [5.74, 6) is -0.642. The number of carbonyl (C=O) groups excluding carboxylic acids is 2. The molecule has 5 nitrogen and oxygen atoms in total. The Morgan fingerprint density at radius 1 is 1.28 bits per heavy atom. The van der Waals surface area contributed by atoms with E-state index >= 15 is 0 Å². The van der Waals surface area contributed by atoms with Crippen molar-refractivity contribution in [2.24, 2.45) is 0 Å². The highest BCUT2D eigenvalue weighted by atomic mass is 19.1. The van der Waals surface area contributed by atoms with Gasteiger partial charge in [-0.2, -0.15) is 0 Å². The lowest BCUT2D eigenvalue weighted by Crippen LogP contribution is -2.37. The molecule has 1 rings (SSSR count). The topological polar surface area (TPSA) is 67.4 Å². The van der Waals surface area contributed by atoms with Crippen LogP contribution in [-0.4, -0.2) is 32.2 Å². The predicted octanol–water partition coefficient (Wildman–Crippen LogP) is 0.840. The minimum absolute atomic E-state index is 0.163. The van der Waals surface area contributed by atoms with E-state index in [4.69, 9.17) is 0 Å². The normalized spacial score (nSPS) is 9.67. The minimum atomic E-state index is -0.667. The molecular weight excluding hydrogens is 239 g/mol. The van der Waals surface area contributed by atoms with Gasteiger partial charge in [-0.25, -0.2) is 9.18 Å². The van der Waals surface area contributed by atoms with Crippen molar-refractivity contribution in [3.8, 4) is 0 Å². The zero-order chi connectivity index (χ0) is 13.4. The lowest BCUT2D eigenvalue weighted by Gasteiger charge is -2.06. The van der Waals surface area contributed by atoms with Crippen LogP contribution in [0.25, 0.3) is 0 Å². The average Bonchev–Trinajstić information content (AvgIpc) is 2.38. The highest BCUT2D eigenvalue weighted by Crippen LogP contribution is 2.05. The number of nitrogens with one attached hydrogen (secondary N) is 2. The number of benzene rings is 1. The first-order valence-electron chi connectivity index (χ1n) is 5.45. The molecule has 0 bridgehead atoms. The molecule has 0 unspecified atom stereocenters. The fourth-order valence-corrected chi connectivity index (χ4v) is 1.32. The van der Waals surface area contributed by atoms with Gasteiger partial charge >= 0.3 is 6.09 Å². The summed E-state index contributed by atoms with van der Waals surface area (Å²) in [5.41, 5.74) is 0.540. The molecule has 0 fully saturated rings. The molecule has 98 valence electrons. The van der Waals surface area contributed by atoms with E-state index in [0.29, 0.717) is 18.5 Å². The molecule has 0 aromatic heterocycles. The largest absolute Gasteiger partial charge is 0.453 e. The lowest BCUT2D eigenvalue weighted by molar-refractivity contribution is -0.120. The summed E-state index contributed by atoms with van der Waals surface area (Å²) in [7, 11) is 1.21. The number of halogens is 1. The molecule has 0 aliphatic carbocycles. The number of ether oxygens (including phenoxy) is 1. The summed E-state index contributed by atoms with van der Waals surface area (Å²) in [6, 6.07) is 6.38. The van der Waals surface area contributed by atoms with Crippen LogP contribution < -0.4 is 10.6 Å². The number of methoxy groups -OCH3 is 1. The van der Waals surface area contributed by atoms with E-state index in [-0.39, 0.29) is 18.3 Å². The number of carbonyl (C=O) groups is 2. The van der Waals surface area contributed by atoms with E-state index in [1.54, 1.807) is 18.2 Å². The molecule has 2 N–H and O–H groups in total. The van der Waals surface area contributed by atoms with Crippen LogP contribution in [0.2, 0.25) is 0 Å². The van der Waals surface area contributed by atoms with Crippen LogP contribution in [0.3, 0.4) is 0 Å². The van der Waals surface area contributed by atoms with E-state index in [1.807, 2.05) is 0 Å². The molecule has 0 aliphatic heterocycles. The number of rotatable bonds is 5.